The topological polar surface area (TPSA) is 26.3 Å². The third kappa shape index (κ3) is 10.4. The van der Waals surface area contributed by atoms with Crippen molar-refractivity contribution in [3.8, 4) is 0 Å². The van der Waals surface area contributed by atoms with Crippen LogP contribution >= 0.6 is 11.6 Å². The summed E-state index contributed by atoms with van der Waals surface area (Å²) in [7, 11) is -0.611. The monoisotopic (exact) mass is 198 g/mol. The standard InChI is InChI=1S/C5H9ClO.C2H6OS/c6-5-3-1-2-4-7-5;1-4(2)3/h5H,1-4H2;1-2H3. The van der Waals surface area contributed by atoms with E-state index in [0.717, 1.165) is 13.0 Å². The molecule has 1 rings (SSSR count). The fourth-order valence-corrected chi connectivity index (χ4v) is 0.945. The molecule has 0 N–H and O–H groups in total. The Hall–Kier alpha value is 0.400. The molecule has 68 valence electrons. The zero-order chi connectivity index (χ0) is 8.69. The Morgan fingerprint density at radius 2 is 2.00 bits per heavy atom. The molecule has 1 saturated heterocycles. The van der Waals surface area contributed by atoms with Crippen molar-refractivity contribution in [1.82, 2.24) is 0 Å². The van der Waals surface area contributed by atoms with E-state index >= 15 is 0 Å². The van der Waals surface area contributed by atoms with Crippen LogP contribution in [0.1, 0.15) is 19.3 Å². The Kier molecular flexibility index (Phi) is 7.33. The molecule has 0 aliphatic carbocycles. The van der Waals surface area contributed by atoms with E-state index < -0.39 is 10.8 Å². The molecule has 0 bridgehead atoms. The molecular formula is C7H15ClO2S. The lowest BCUT2D eigenvalue weighted by atomic mass is 10.2. The Bertz CT molecular complexity index is 109. The van der Waals surface area contributed by atoms with E-state index in [2.05, 4.69) is 0 Å². The summed E-state index contributed by atoms with van der Waals surface area (Å²) in [5.41, 5.74) is 0.00810. The fourth-order valence-electron chi connectivity index (χ4n) is 0.701. The lowest BCUT2D eigenvalue weighted by Gasteiger charge is -2.15. The Balaban J connectivity index is 0.000000218. The third-order valence-corrected chi connectivity index (χ3v) is 1.47. The van der Waals surface area contributed by atoms with Gasteiger partial charge in [-0.3, -0.25) is 4.21 Å². The minimum atomic E-state index is -0.611. The van der Waals surface area contributed by atoms with E-state index in [9.17, 15) is 4.21 Å². The molecule has 1 aliphatic rings. The summed E-state index contributed by atoms with van der Waals surface area (Å²) in [5.74, 6) is 0. The predicted molar refractivity (Wildman–Crippen MR) is 49.4 cm³/mol. The summed E-state index contributed by atoms with van der Waals surface area (Å²) in [6, 6.07) is 0. The predicted octanol–water partition coefficient (Wildman–Crippen LogP) is 1.75. The van der Waals surface area contributed by atoms with Gasteiger partial charge in [-0.2, -0.15) is 0 Å². The smallest absolute Gasteiger partial charge is 0.131 e. The fraction of sp³-hybridized carbons (Fsp3) is 1.00. The normalized spacial score (nSPS) is 24.2. The van der Waals surface area contributed by atoms with E-state index in [4.69, 9.17) is 16.3 Å². The van der Waals surface area contributed by atoms with Gasteiger partial charge in [0, 0.05) is 29.9 Å². The molecule has 1 heterocycles. The van der Waals surface area contributed by atoms with Gasteiger partial charge in [-0.25, -0.2) is 0 Å². The van der Waals surface area contributed by atoms with E-state index in [1.807, 2.05) is 0 Å². The van der Waals surface area contributed by atoms with Gasteiger partial charge < -0.3 is 4.74 Å². The van der Waals surface area contributed by atoms with Crippen molar-refractivity contribution in [3.05, 3.63) is 0 Å². The third-order valence-electron chi connectivity index (χ3n) is 1.12. The molecule has 0 aromatic rings. The van der Waals surface area contributed by atoms with Crippen molar-refractivity contribution < 1.29 is 8.95 Å². The van der Waals surface area contributed by atoms with Crippen molar-refractivity contribution in [2.75, 3.05) is 19.1 Å². The Morgan fingerprint density at radius 1 is 1.45 bits per heavy atom. The average Bonchev–Trinajstić information content (AvgIpc) is 1.87. The molecule has 0 spiro atoms. The van der Waals surface area contributed by atoms with E-state index in [1.165, 1.54) is 12.8 Å². The number of hydrogen-bond acceptors (Lipinski definition) is 2. The molecule has 1 fully saturated rings. The lowest BCUT2D eigenvalue weighted by Crippen LogP contribution is -2.11. The molecule has 0 aromatic carbocycles. The van der Waals surface area contributed by atoms with Crippen LogP contribution in [0.25, 0.3) is 0 Å². The summed E-state index contributed by atoms with van der Waals surface area (Å²) < 4.78 is 14.6. The van der Waals surface area contributed by atoms with Crippen molar-refractivity contribution >= 4 is 22.4 Å². The van der Waals surface area contributed by atoms with Crippen LogP contribution in [0.2, 0.25) is 0 Å². The molecule has 0 saturated carbocycles. The number of hydrogen-bond donors (Lipinski definition) is 0. The van der Waals surface area contributed by atoms with Crippen LogP contribution in [-0.2, 0) is 15.5 Å². The SMILES string of the molecule is CS(C)=O.ClC1CCCCO1. The first-order chi connectivity index (χ1) is 5.13. The molecule has 0 aromatic heterocycles. The Labute approximate surface area is 75.7 Å². The van der Waals surface area contributed by atoms with Gasteiger partial charge in [0.1, 0.15) is 5.56 Å². The summed E-state index contributed by atoms with van der Waals surface area (Å²) in [4.78, 5) is 0. The highest BCUT2D eigenvalue weighted by Crippen LogP contribution is 2.14. The molecule has 0 amide bonds. The minimum Gasteiger partial charge on any atom is -0.362 e. The maximum Gasteiger partial charge on any atom is 0.131 e. The highest BCUT2D eigenvalue weighted by molar-refractivity contribution is 7.83. The van der Waals surface area contributed by atoms with Crippen molar-refractivity contribution in [1.29, 1.82) is 0 Å². The van der Waals surface area contributed by atoms with Crippen LogP contribution in [0.5, 0.6) is 0 Å². The van der Waals surface area contributed by atoms with Crippen LogP contribution in [0, 0.1) is 0 Å². The summed E-state index contributed by atoms with van der Waals surface area (Å²) >= 11 is 5.59. The molecule has 1 unspecified atom stereocenters. The summed E-state index contributed by atoms with van der Waals surface area (Å²) in [5, 5.41) is 0. The van der Waals surface area contributed by atoms with Gasteiger partial charge in [0.25, 0.3) is 0 Å². The average molecular weight is 199 g/mol. The maximum atomic E-state index is 9.56. The number of halogens is 1. The van der Waals surface area contributed by atoms with Gasteiger partial charge >= 0.3 is 0 Å². The number of alkyl halides is 1. The van der Waals surface area contributed by atoms with Gasteiger partial charge in [-0.1, -0.05) is 11.6 Å². The van der Waals surface area contributed by atoms with E-state index in [0.29, 0.717) is 0 Å². The number of ether oxygens (including phenoxy) is 1. The van der Waals surface area contributed by atoms with Crippen LogP contribution in [0.3, 0.4) is 0 Å². The van der Waals surface area contributed by atoms with Gasteiger partial charge in [0.15, 0.2) is 0 Å². The highest BCUT2D eigenvalue weighted by Gasteiger charge is 2.08. The first kappa shape index (κ1) is 11.4. The van der Waals surface area contributed by atoms with Crippen LogP contribution in [0.15, 0.2) is 0 Å². The molecule has 11 heavy (non-hydrogen) atoms. The van der Waals surface area contributed by atoms with Crippen LogP contribution in [-0.4, -0.2) is 28.9 Å². The molecule has 4 heteroatoms. The van der Waals surface area contributed by atoms with Gasteiger partial charge in [-0.15, -0.1) is 0 Å². The van der Waals surface area contributed by atoms with Gasteiger partial charge in [-0.05, 0) is 19.3 Å². The largest absolute Gasteiger partial charge is 0.362 e. The van der Waals surface area contributed by atoms with E-state index in [-0.39, 0.29) is 5.56 Å². The lowest BCUT2D eigenvalue weighted by molar-refractivity contribution is 0.0680. The second-order valence-corrected chi connectivity index (χ2v) is 4.49. The van der Waals surface area contributed by atoms with Crippen molar-refractivity contribution in [2.45, 2.75) is 24.8 Å². The molecule has 1 aliphatic heterocycles. The molecule has 0 radical (unpaired) electrons. The second-order valence-electron chi connectivity index (χ2n) is 2.52. The summed E-state index contributed by atoms with van der Waals surface area (Å²) in [6.07, 6.45) is 6.72. The Morgan fingerprint density at radius 3 is 2.18 bits per heavy atom. The summed E-state index contributed by atoms with van der Waals surface area (Å²) in [6.45, 7) is 0.855. The van der Waals surface area contributed by atoms with Crippen LogP contribution < -0.4 is 0 Å². The molecule has 2 nitrogen and oxygen atoms in total. The van der Waals surface area contributed by atoms with Crippen molar-refractivity contribution in [2.24, 2.45) is 0 Å². The van der Waals surface area contributed by atoms with E-state index in [1.54, 1.807) is 12.5 Å². The zero-order valence-electron chi connectivity index (χ0n) is 7.01. The maximum absolute atomic E-state index is 9.56. The molecular weight excluding hydrogens is 184 g/mol. The van der Waals surface area contributed by atoms with Crippen molar-refractivity contribution in [3.63, 3.8) is 0 Å². The van der Waals surface area contributed by atoms with Gasteiger partial charge in [0.05, 0.1) is 0 Å². The first-order valence-electron chi connectivity index (χ1n) is 3.63. The minimum absolute atomic E-state index is 0.00810. The van der Waals surface area contributed by atoms with Gasteiger partial charge in [0.2, 0.25) is 0 Å². The quantitative estimate of drug-likeness (QED) is 0.555. The number of rotatable bonds is 0. The molecule has 1 atom stereocenters. The first-order valence-corrected chi connectivity index (χ1v) is 6.04. The van der Waals surface area contributed by atoms with Crippen LogP contribution in [0.4, 0.5) is 0 Å². The highest BCUT2D eigenvalue weighted by atomic mass is 35.5. The zero-order valence-corrected chi connectivity index (χ0v) is 8.58. The second kappa shape index (κ2) is 7.07.